The molecule has 5 nitrogen and oxygen atoms in total. The first kappa shape index (κ1) is 27.8. The van der Waals surface area contributed by atoms with Crippen molar-refractivity contribution in [2.75, 3.05) is 6.61 Å². The summed E-state index contributed by atoms with van der Waals surface area (Å²) in [5, 5.41) is 10.6. The van der Waals surface area contributed by atoms with E-state index in [1.54, 1.807) is 0 Å². The van der Waals surface area contributed by atoms with Crippen LogP contribution in [0, 0.1) is 11.8 Å². The van der Waals surface area contributed by atoms with Crippen molar-refractivity contribution in [3.05, 3.63) is 0 Å². The number of aliphatic hydroxyl groups is 1. The van der Waals surface area contributed by atoms with Crippen LogP contribution >= 0.6 is 0 Å². The van der Waals surface area contributed by atoms with Crippen molar-refractivity contribution in [3.8, 4) is 11.8 Å². The van der Waals surface area contributed by atoms with Crippen LogP contribution in [0.2, 0.25) is 0 Å². The summed E-state index contributed by atoms with van der Waals surface area (Å²) in [5.74, 6) is 6.02. The molecule has 1 heterocycles. The predicted octanol–water partition coefficient (Wildman–Crippen LogP) is 6.42. The highest BCUT2D eigenvalue weighted by molar-refractivity contribution is 5.70. The van der Waals surface area contributed by atoms with E-state index < -0.39 is 29.6 Å². The van der Waals surface area contributed by atoms with E-state index in [2.05, 4.69) is 18.8 Å². The van der Waals surface area contributed by atoms with Crippen LogP contribution in [0.4, 0.5) is 4.79 Å². The second-order valence-corrected chi connectivity index (χ2v) is 10.2. The first-order chi connectivity index (χ1) is 14.6. The molecule has 1 N–H and O–H groups in total. The minimum absolute atomic E-state index is 0.251. The topological polar surface area (TPSA) is 59.0 Å². The first-order valence-corrected chi connectivity index (χ1v) is 12.4. The van der Waals surface area contributed by atoms with E-state index in [1.807, 2.05) is 34.6 Å². The molecule has 1 rings (SSSR count). The van der Waals surface area contributed by atoms with E-state index >= 15 is 0 Å². The number of amides is 1. The molecule has 1 fully saturated rings. The quantitative estimate of drug-likeness (QED) is 0.282. The average molecular weight is 438 g/mol. The van der Waals surface area contributed by atoms with Gasteiger partial charge in [-0.1, -0.05) is 77.1 Å². The van der Waals surface area contributed by atoms with Crippen molar-refractivity contribution < 1.29 is 19.4 Å². The molecule has 180 valence electrons. The lowest BCUT2D eigenvalue weighted by molar-refractivity contribution is -0.0658. The van der Waals surface area contributed by atoms with Gasteiger partial charge in [-0.15, -0.1) is 5.92 Å². The third-order valence-electron chi connectivity index (χ3n) is 5.63. The summed E-state index contributed by atoms with van der Waals surface area (Å²) in [6, 6.07) is -0.519. The number of rotatable bonds is 12. The van der Waals surface area contributed by atoms with Crippen LogP contribution in [0.3, 0.4) is 0 Å². The van der Waals surface area contributed by atoms with E-state index in [0.29, 0.717) is 0 Å². The molecule has 0 bridgehead atoms. The Hall–Kier alpha value is -1.25. The number of ether oxygens (including phenoxy) is 2. The highest BCUT2D eigenvalue weighted by atomic mass is 16.6. The Morgan fingerprint density at radius 1 is 1.06 bits per heavy atom. The molecule has 2 atom stereocenters. The van der Waals surface area contributed by atoms with Crippen molar-refractivity contribution in [1.82, 2.24) is 4.90 Å². The van der Waals surface area contributed by atoms with Crippen molar-refractivity contribution in [2.45, 2.75) is 142 Å². The number of nitrogens with zero attached hydrogens (tertiary/aromatic N) is 1. The Bertz CT molecular complexity index is 570. The van der Waals surface area contributed by atoms with Gasteiger partial charge in [0.2, 0.25) is 0 Å². The normalized spacial score (nSPS) is 19.1. The Morgan fingerprint density at radius 2 is 1.58 bits per heavy atom. The Labute approximate surface area is 191 Å². The second-order valence-electron chi connectivity index (χ2n) is 10.2. The van der Waals surface area contributed by atoms with Gasteiger partial charge < -0.3 is 14.6 Å². The zero-order valence-electron chi connectivity index (χ0n) is 21.0. The van der Waals surface area contributed by atoms with Crippen molar-refractivity contribution >= 4 is 6.09 Å². The molecule has 0 aromatic carbocycles. The molecule has 31 heavy (non-hydrogen) atoms. The number of hydrogen-bond donors (Lipinski definition) is 1. The van der Waals surface area contributed by atoms with Gasteiger partial charge in [-0.2, -0.15) is 0 Å². The lowest BCUT2D eigenvalue weighted by Crippen LogP contribution is -2.53. The van der Waals surface area contributed by atoms with E-state index in [1.165, 1.54) is 69.1 Å². The zero-order valence-corrected chi connectivity index (χ0v) is 21.0. The summed E-state index contributed by atoms with van der Waals surface area (Å²) in [7, 11) is 0. The minimum Gasteiger partial charge on any atom is -0.444 e. The Morgan fingerprint density at radius 3 is 2.10 bits per heavy atom. The van der Waals surface area contributed by atoms with Crippen molar-refractivity contribution in [3.63, 3.8) is 0 Å². The molecule has 1 amide bonds. The van der Waals surface area contributed by atoms with Gasteiger partial charge in [0.25, 0.3) is 0 Å². The van der Waals surface area contributed by atoms with Gasteiger partial charge in [0.05, 0.1) is 12.6 Å². The van der Waals surface area contributed by atoms with Gasteiger partial charge >= 0.3 is 6.09 Å². The molecule has 0 unspecified atom stereocenters. The summed E-state index contributed by atoms with van der Waals surface area (Å²) < 4.78 is 11.2. The monoisotopic (exact) mass is 437 g/mol. The molecule has 1 saturated heterocycles. The fourth-order valence-corrected chi connectivity index (χ4v) is 3.88. The lowest BCUT2D eigenvalue weighted by Gasteiger charge is -2.35. The maximum atomic E-state index is 12.6. The SMILES string of the molecule is CCCCCCCCCCCCCC#C[C@H](O)[C@H]1COC(C)(C)N1C(=O)OC(C)(C)C. The maximum absolute atomic E-state index is 12.6. The largest absolute Gasteiger partial charge is 0.444 e. The van der Waals surface area contributed by atoms with Gasteiger partial charge in [-0.25, -0.2) is 4.79 Å². The van der Waals surface area contributed by atoms with Crippen LogP contribution in [0.5, 0.6) is 0 Å². The molecule has 1 aliphatic rings. The summed E-state index contributed by atoms with van der Waals surface area (Å²) in [4.78, 5) is 14.1. The van der Waals surface area contributed by atoms with Crippen LogP contribution in [-0.2, 0) is 9.47 Å². The molecular weight excluding hydrogens is 390 g/mol. The van der Waals surface area contributed by atoms with E-state index in [-0.39, 0.29) is 6.61 Å². The van der Waals surface area contributed by atoms with Gasteiger partial charge in [0.15, 0.2) is 0 Å². The number of unbranched alkanes of at least 4 members (excludes halogenated alkanes) is 11. The van der Waals surface area contributed by atoms with Crippen molar-refractivity contribution in [2.24, 2.45) is 0 Å². The molecule has 0 radical (unpaired) electrons. The average Bonchev–Trinajstić information content (AvgIpc) is 2.99. The standard InChI is InChI=1S/C26H47NO4/c1-7-8-9-10-11-12-13-14-15-16-17-18-19-20-23(28)22-21-30-26(5,6)27(22)24(29)31-25(2,3)4/h22-23,28H,7-18,21H2,1-6H3/t22-,23+/m1/s1. The highest BCUT2D eigenvalue weighted by Crippen LogP contribution is 2.30. The van der Waals surface area contributed by atoms with Crippen molar-refractivity contribution in [1.29, 1.82) is 0 Å². The third-order valence-corrected chi connectivity index (χ3v) is 5.63. The molecular formula is C26H47NO4. The van der Waals surface area contributed by atoms with Crippen LogP contribution < -0.4 is 0 Å². The molecule has 0 aromatic heterocycles. The number of hydrogen-bond acceptors (Lipinski definition) is 4. The van der Waals surface area contributed by atoms with Crippen LogP contribution in [-0.4, -0.2) is 46.2 Å². The fraction of sp³-hybridized carbons (Fsp3) is 0.885. The third kappa shape index (κ3) is 11.3. The van der Waals surface area contributed by atoms with Crippen LogP contribution in [0.1, 0.15) is 119 Å². The summed E-state index contributed by atoms with van der Waals surface area (Å²) in [5.41, 5.74) is -1.43. The van der Waals surface area contributed by atoms with Crippen LogP contribution in [0.25, 0.3) is 0 Å². The summed E-state index contributed by atoms with van der Waals surface area (Å²) in [6.07, 6.45) is 13.7. The van der Waals surface area contributed by atoms with Gasteiger partial charge in [-0.3, -0.25) is 4.90 Å². The molecule has 5 heteroatoms. The Balaban J connectivity index is 2.29. The van der Waals surface area contributed by atoms with Gasteiger partial charge in [0.1, 0.15) is 17.4 Å². The highest BCUT2D eigenvalue weighted by Gasteiger charge is 2.48. The smallest absolute Gasteiger partial charge is 0.413 e. The van der Waals surface area contributed by atoms with Gasteiger partial charge in [-0.05, 0) is 41.0 Å². The summed E-state index contributed by atoms with van der Waals surface area (Å²) >= 11 is 0. The van der Waals surface area contributed by atoms with E-state index in [0.717, 1.165) is 12.8 Å². The van der Waals surface area contributed by atoms with Crippen LogP contribution in [0.15, 0.2) is 0 Å². The molecule has 1 aliphatic heterocycles. The maximum Gasteiger partial charge on any atom is 0.413 e. The fourth-order valence-electron chi connectivity index (χ4n) is 3.88. The minimum atomic E-state index is -0.943. The second kappa shape index (κ2) is 14.0. The zero-order chi connectivity index (χ0) is 23.3. The molecule has 0 aromatic rings. The first-order valence-electron chi connectivity index (χ1n) is 12.4. The molecule has 0 aliphatic carbocycles. The predicted molar refractivity (Wildman–Crippen MR) is 127 cm³/mol. The van der Waals surface area contributed by atoms with Gasteiger partial charge in [0, 0.05) is 6.42 Å². The number of carbonyl (C=O) groups excluding carboxylic acids is 1. The summed E-state index contributed by atoms with van der Waals surface area (Å²) in [6.45, 7) is 11.6. The molecule has 0 spiro atoms. The molecule has 0 saturated carbocycles. The lowest BCUT2D eigenvalue weighted by atomic mass is 10.1. The van der Waals surface area contributed by atoms with E-state index in [4.69, 9.17) is 9.47 Å². The number of aliphatic hydroxyl groups excluding tert-OH is 1. The Kier molecular flexibility index (Phi) is 12.6. The van der Waals surface area contributed by atoms with E-state index in [9.17, 15) is 9.90 Å². The number of carbonyl (C=O) groups is 1.